The van der Waals surface area contributed by atoms with Crippen molar-refractivity contribution in [3.8, 4) is 5.75 Å². The van der Waals surface area contributed by atoms with Crippen LogP contribution in [0.4, 0.5) is 9.59 Å². The number of ether oxygens (including phenoxy) is 1. The standard InChI is InChI=1S/C17H26N2O4Si/c1-12-10-8-9-11-13(12)22-14(20)18-19-15(21)23-24(16(2,3)4)17(5,6)7/h8-11,24H,1-7H3. The van der Waals surface area contributed by atoms with E-state index >= 15 is 0 Å². The van der Waals surface area contributed by atoms with Gasteiger partial charge in [-0.15, -0.1) is 0 Å². The third kappa shape index (κ3) is 6.23. The first kappa shape index (κ1) is 20.0. The molecule has 0 heterocycles. The minimum Gasteiger partial charge on any atom is -0.503 e. The summed E-state index contributed by atoms with van der Waals surface area (Å²) in [4.78, 5) is 23.6. The molecule has 0 aliphatic heterocycles. The molecular weight excluding hydrogens is 324 g/mol. The lowest BCUT2D eigenvalue weighted by molar-refractivity contribution is 0.197. The Hall–Kier alpha value is -2.02. The lowest BCUT2D eigenvalue weighted by Crippen LogP contribution is -2.39. The summed E-state index contributed by atoms with van der Waals surface area (Å²) in [5.74, 6) is 0.381. The monoisotopic (exact) mass is 350 g/mol. The Morgan fingerprint density at radius 2 is 1.42 bits per heavy atom. The van der Waals surface area contributed by atoms with Gasteiger partial charge in [-0.05, 0) is 28.6 Å². The average molecular weight is 350 g/mol. The number of azo groups is 1. The van der Waals surface area contributed by atoms with Gasteiger partial charge in [-0.25, -0.2) is 9.59 Å². The fraction of sp³-hybridized carbons (Fsp3) is 0.529. The first-order valence-corrected chi connectivity index (χ1v) is 9.43. The number of carbonyl (C=O) groups is 2. The SMILES string of the molecule is Cc1ccccc1OC(=O)N=NC(=O)O[SiH](C(C)(C)C)C(C)(C)C. The Bertz CT molecular complexity index is 616. The molecule has 1 aromatic rings. The summed E-state index contributed by atoms with van der Waals surface area (Å²) in [6.45, 7) is 14.0. The number of benzene rings is 1. The minimum absolute atomic E-state index is 0.134. The molecule has 0 aliphatic carbocycles. The summed E-state index contributed by atoms with van der Waals surface area (Å²) in [7, 11) is -1.96. The molecule has 2 amide bonds. The van der Waals surface area contributed by atoms with Gasteiger partial charge in [-0.1, -0.05) is 70.0 Å². The lowest BCUT2D eigenvalue weighted by Gasteiger charge is -2.36. The van der Waals surface area contributed by atoms with E-state index in [1.807, 2.05) is 47.6 Å². The molecule has 0 N–H and O–H groups in total. The maximum atomic E-state index is 11.9. The second kappa shape index (κ2) is 7.70. The third-order valence-corrected chi connectivity index (χ3v) is 6.88. The van der Waals surface area contributed by atoms with Gasteiger partial charge in [-0.3, -0.25) is 0 Å². The number of para-hydroxylation sites is 1. The fourth-order valence-electron chi connectivity index (χ4n) is 2.64. The molecular formula is C17H26N2O4Si. The molecule has 0 radical (unpaired) electrons. The molecule has 0 atom stereocenters. The smallest absolute Gasteiger partial charge is 0.458 e. The predicted molar refractivity (Wildman–Crippen MR) is 95.1 cm³/mol. The van der Waals surface area contributed by atoms with E-state index in [2.05, 4.69) is 10.2 Å². The Morgan fingerprint density at radius 3 is 1.92 bits per heavy atom. The Morgan fingerprint density at radius 1 is 0.917 bits per heavy atom. The van der Waals surface area contributed by atoms with Crippen LogP contribution in [0.1, 0.15) is 47.1 Å². The number of hydrogen-bond acceptors (Lipinski definition) is 4. The van der Waals surface area contributed by atoms with Gasteiger partial charge >= 0.3 is 12.2 Å². The average Bonchev–Trinajstić information content (AvgIpc) is 2.42. The van der Waals surface area contributed by atoms with Crippen molar-refractivity contribution in [2.45, 2.75) is 58.5 Å². The van der Waals surface area contributed by atoms with Gasteiger partial charge in [0.15, 0.2) is 0 Å². The number of carbonyl (C=O) groups excluding carboxylic acids is 2. The van der Waals surface area contributed by atoms with Gasteiger partial charge in [-0.2, -0.15) is 0 Å². The van der Waals surface area contributed by atoms with Crippen LogP contribution in [-0.4, -0.2) is 21.2 Å². The van der Waals surface area contributed by atoms with Crippen molar-refractivity contribution in [1.29, 1.82) is 0 Å². The summed E-state index contributed by atoms with van der Waals surface area (Å²) in [6.07, 6.45) is -1.80. The third-order valence-electron chi connectivity index (χ3n) is 3.30. The molecule has 0 saturated heterocycles. The van der Waals surface area contributed by atoms with Crippen LogP contribution in [0, 0.1) is 6.92 Å². The van der Waals surface area contributed by atoms with E-state index in [0.717, 1.165) is 5.56 Å². The predicted octanol–water partition coefficient (Wildman–Crippen LogP) is 5.41. The van der Waals surface area contributed by atoms with Crippen LogP contribution in [0.25, 0.3) is 0 Å². The van der Waals surface area contributed by atoms with E-state index in [9.17, 15) is 9.59 Å². The van der Waals surface area contributed by atoms with Crippen molar-refractivity contribution in [3.63, 3.8) is 0 Å². The molecule has 0 fully saturated rings. The molecule has 6 nitrogen and oxygen atoms in total. The van der Waals surface area contributed by atoms with Crippen LogP contribution >= 0.6 is 0 Å². The van der Waals surface area contributed by atoms with Crippen LogP contribution in [0.15, 0.2) is 34.5 Å². The molecule has 0 spiro atoms. The van der Waals surface area contributed by atoms with Gasteiger partial charge in [0.25, 0.3) is 9.04 Å². The Kier molecular flexibility index (Phi) is 6.42. The van der Waals surface area contributed by atoms with Gasteiger partial charge in [0, 0.05) is 0 Å². The number of nitrogens with zero attached hydrogens (tertiary/aromatic N) is 2. The maximum absolute atomic E-state index is 11.9. The highest BCUT2D eigenvalue weighted by Crippen LogP contribution is 2.42. The zero-order valence-electron chi connectivity index (χ0n) is 15.4. The van der Waals surface area contributed by atoms with E-state index in [-0.39, 0.29) is 10.1 Å². The van der Waals surface area contributed by atoms with Crippen LogP contribution < -0.4 is 4.74 Å². The molecule has 24 heavy (non-hydrogen) atoms. The minimum atomic E-state index is -1.96. The molecule has 0 bridgehead atoms. The highest BCUT2D eigenvalue weighted by Gasteiger charge is 2.41. The van der Waals surface area contributed by atoms with Crippen LogP contribution in [0.2, 0.25) is 10.1 Å². The normalized spacial score (nSPS) is 12.5. The first-order valence-electron chi connectivity index (χ1n) is 7.81. The van der Waals surface area contributed by atoms with Gasteiger partial charge in [0.1, 0.15) is 5.75 Å². The topological polar surface area (TPSA) is 77.3 Å². The summed E-state index contributed by atoms with van der Waals surface area (Å²) in [5, 5.41) is 6.36. The van der Waals surface area contributed by atoms with Crippen molar-refractivity contribution in [1.82, 2.24) is 0 Å². The molecule has 1 rings (SSSR count). The number of aryl methyl sites for hydroxylation is 1. The van der Waals surface area contributed by atoms with Crippen molar-refractivity contribution < 1.29 is 18.8 Å². The molecule has 1 aromatic carbocycles. The van der Waals surface area contributed by atoms with E-state index in [1.165, 1.54) is 0 Å². The molecule has 0 saturated carbocycles. The molecule has 0 aromatic heterocycles. The van der Waals surface area contributed by atoms with E-state index < -0.39 is 21.2 Å². The lowest BCUT2D eigenvalue weighted by atomic mass is 10.2. The van der Waals surface area contributed by atoms with Gasteiger partial charge < -0.3 is 9.16 Å². The van der Waals surface area contributed by atoms with Crippen molar-refractivity contribution in [3.05, 3.63) is 29.8 Å². The molecule has 0 aliphatic rings. The largest absolute Gasteiger partial charge is 0.503 e. The van der Waals surface area contributed by atoms with Crippen LogP contribution in [-0.2, 0) is 4.43 Å². The number of hydrogen-bond donors (Lipinski definition) is 0. The summed E-state index contributed by atoms with van der Waals surface area (Å²) < 4.78 is 10.6. The molecule has 0 unspecified atom stereocenters. The summed E-state index contributed by atoms with van der Waals surface area (Å²) in [6, 6.07) is 7.01. The van der Waals surface area contributed by atoms with E-state index in [4.69, 9.17) is 9.16 Å². The number of rotatable bonds is 2. The fourth-order valence-corrected chi connectivity index (χ4v) is 6.20. The zero-order chi connectivity index (χ0) is 18.5. The van der Waals surface area contributed by atoms with Crippen LogP contribution in [0.3, 0.4) is 0 Å². The molecule has 132 valence electrons. The quantitative estimate of drug-likeness (QED) is 0.528. The maximum Gasteiger partial charge on any atom is 0.458 e. The Labute approximate surface area is 145 Å². The summed E-state index contributed by atoms with van der Waals surface area (Å²) in [5.41, 5.74) is 0.788. The summed E-state index contributed by atoms with van der Waals surface area (Å²) >= 11 is 0. The second-order valence-corrected chi connectivity index (χ2v) is 12.3. The number of amides is 2. The zero-order valence-corrected chi connectivity index (χ0v) is 16.6. The first-order chi connectivity index (χ1) is 10.9. The van der Waals surface area contributed by atoms with Gasteiger partial charge in [0.05, 0.1) is 0 Å². The van der Waals surface area contributed by atoms with Crippen LogP contribution in [0.5, 0.6) is 5.75 Å². The van der Waals surface area contributed by atoms with Crippen molar-refractivity contribution in [2.24, 2.45) is 10.2 Å². The van der Waals surface area contributed by atoms with Gasteiger partial charge in [0.2, 0.25) is 0 Å². The van der Waals surface area contributed by atoms with Crippen molar-refractivity contribution >= 4 is 21.2 Å². The molecule has 7 heteroatoms. The highest BCUT2D eigenvalue weighted by molar-refractivity contribution is 6.60. The highest BCUT2D eigenvalue weighted by atomic mass is 28.3. The van der Waals surface area contributed by atoms with Crippen molar-refractivity contribution in [2.75, 3.05) is 0 Å². The Balaban J connectivity index is 2.71. The van der Waals surface area contributed by atoms with E-state index in [0.29, 0.717) is 5.75 Å². The van der Waals surface area contributed by atoms with E-state index in [1.54, 1.807) is 25.1 Å². The second-order valence-electron chi connectivity index (χ2n) is 7.83.